The van der Waals surface area contributed by atoms with Gasteiger partial charge in [0, 0.05) is 38.8 Å². The Morgan fingerprint density at radius 1 is 1.00 bits per heavy atom. The highest BCUT2D eigenvalue weighted by molar-refractivity contribution is 5.76. The Balaban J connectivity index is 1.54. The van der Waals surface area contributed by atoms with Crippen LogP contribution in [0.1, 0.15) is 47.9 Å². The minimum absolute atomic E-state index is 0.0199. The average molecular weight is 516 g/mol. The maximum Gasteiger partial charge on any atom is 0.421 e. The molecule has 1 aromatic heterocycles. The van der Waals surface area contributed by atoms with Crippen LogP contribution < -0.4 is 16.0 Å². The van der Waals surface area contributed by atoms with Crippen molar-refractivity contribution in [2.45, 2.75) is 51.0 Å². The number of amides is 1. The van der Waals surface area contributed by atoms with Gasteiger partial charge in [0.25, 0.3) is 0 Å². The molecule has 1 fully saturated rings. The summed E-state index contributed by atoms with van der Waals surface area (Å²) in [5, 5.41) is 8.16. The normalized spacial score (nSPS) is 16.6. The Morgan fingerprint density at radius 3 is 2.50 bits per heavy atom. The number of nitrogens with one attached hydrogen (secondary N) is 3. The molecule has 7 nitrogen and oxygen atoms in total. The first-order valence-corrected chi connectivity index (χ1v) is 11.7. The van der Waals surface area contributed by atoms with Crippen LogP contribution in [0.3, 0.4) is 0 Å². The lowest BCUT2D eigenvalue weighted by Gasteiger charge is -2.26. The zero-order valence-electron chi connectivity index (χ0n) is 19.3. The van der Waals surface area contributed by atoms with E-state index in [9.17, 15) is 31.1 Å². The Hall–Kier alpha value is -3.09. The van der Waals surface area contributed by atoms with Gasteiger partial charge in [0.05, 0.1) is 11.3 Å². The lowest BCUT2D eigenvalue weighted by Crippen LogP contribution is -2.36. The van der Waals surface area contributed by atoms with Crippen molar-refractivity contribution >= 4 is 23.4 Å². The third-order valence-electron chi connectivity index (χ3n) is 6.19. The highest BCUT2D eigenvalue weighted by Gasteiger charge is 2.37. The largest absolute Gasteiger partial charge is 0.421 e. The molecular weight excluding hydrogens is 490 g/mol. The van der Waals surface area contributed by atoms with Crippen molar-refractivity contribution in [3.63, 3.8) is 0 Å². The molecule has 0 saturated carbocycles. The van der Waals surface area contributed by atoms with Crippen molar-refractivity contribution in [2.75, 3.05) is 36.8 Å². The average Bonchev–Trinajstić information content (AvgIpc) is 2.81. The molecule has 0 spiro atoms. The molecule has 3 heterocycles. The zero-order chi connectivity index (χ0) is 25.9. The van der Waals surface area contributed by atoms with Crippen molar-refractivity contribution in [2.24, 2.45) is 0 Å². The summed E-state index contributed by atoms with van der Waals surface area (Å²) in [7, 11) is 0. The third kappa shape index (κ3) is 6.18. The molecule has 36 heavy (non-hydrogen) atoms. The molecule has 196 valence electrons. The number of anilines is 3. The van der Waals surface area contributed by atoms with E-state index in [0.717, 1.165) is 18.9 Å². The van der Waals surface area contributed by atoms with E-state index in [4.69, 9.17) is 0 Å². The number of piperidine rings is 1. The minimum atomic E-state index is -4.77. The Labute approximate surface area is 203 Å². The van der Waals surface area contributed by atoms with Crippen LogP contribution in [-0.4, -0.2) is 47.0 Å². The molecule has 0 atom stereocenters. The first kappa shape index (κ1) is 26.0. The molecule has 2 aliphatic heterocycles. The van der Waals surface area contributed by atoms with Crippen LogP contribution in [0.15, 0.2) is 18.3 Å². The van der Waals surface area contributed by atoms with Crippen LogP contribution >= 0.6 is 0 Å². The van der Waals surface area contributed by atoms with Gasteiger partial charge in [-0.05, 0) is 55.5 Å². The molecule has 3 N–H and O–H groups in total. The van der Waals surface area contributed by atoms with Gasteiger partial charge in [-0.2, -0.15) is 31.3 Å². The standard InChI is InChI=1S/C23H26F6N6O/c24-22(25,26)16-10-14-5-7-30-12-15(14)11-18(16)33-21-32-13-17(23(27,28)29)20(34-21)31-6-3-9-35-8-2-1-4-19(35)36/h10-11,13,30H,1-9,12H2,(H2,31,32,33,34). The number of hydrogen-bond donors (Lipinski definition) is 3. The third-order valence-corrected chi connectivity index (χ3v) is 6.19. The monoisotopic (exact) mass is 516 g/mol. The summed E-state index contributed by atoms with van der Waals surface area (Å²) in [5.41, 5.74) is -1.18. The number of nitrogens with zero attached hydrogens (tertiary/aromatic N) is 3. The molecule has 1 amide bonds. The number of aromatic nitrogens is 2. The summed E-state index contributed by atoms with van der Waals surface area (Å²) < 4.78 is 81.7. The fourth-order valence-electron chi connectivity index (χ4n) is 4.35. The summed E-state index contributed by atoms with van der Waals surface area (Å²) >= 11 is 0. The molecule has 0 bridgehead atoms. The molecule has 0 unspecified atom stereocenters. The van der Waals surface area contributed by atoms with Gasteiger partial charge in [0.1, 0.15) is 11.4 Å². The zero-order valence-corrected chi connectivity index (χ0v) is 19.3. The smallest absolute Gasteiger partial charge is 0.369 e. The fourth-order valence-corrected chi connectivity index (χ4v) is 4.35. The molecule has 1 aromatic carbocycles. The number of halogens is 6. The van der Waals surface area contributed by atoms with E-state index in [-0.39, 0.29) is 18.1 Å². The molecule has 0 radical (unpaired) electrons. The van der Waals surface area contributed by atoms with Crippen molar-refractivity contribution in [1.29, 1.82) is 0 Å². The van der Waals surface area contributed by atoms with Gasteiger partial charge < -0.3 is 20.9 Å². The van der Waals surface area contributed by atoms with Crippen LogP contribution in [0.4, 0.5) is 43.8 Å². The van der Waals surface area contributed by atoms with E-state index >= 15 is 0 Å². The fraction of sp³-hybridized carbons (Fsp3) is 0.522. The Kier molecular flexibility index (Phi) is 7.57. The lowest BCUT2D eigenvalue weighted by atomic mass is 9.96. The highest BCUT2D eigenvalue weighted by atomic mass is 19.4. The molecule has 2 aliphatic rings. The summed E-state index contributed by atoms with van der Waals surface area (Å²) in [5.74, 6) is -0.921. The summed E-state index contributed by atoms with van der Waals surface area (Å²) in [4.78, 5) is 21.0. The van der Waals surface area contributed by atoms with Crippen molar-refractivity contribution in [3.8, 4) is 0 Å². The second kappa shape index (κ2) is 10.5. The topological polar surface area (TPSA) is 82.2 Å². The van der Waals surface area contributed by atoms with Gasteiger partial charge in [-0.1, -0.05) is 0 Å². The number of carbonyl (C=O) groups is 1. The van der Waals surface area contributed by atoms with Crippen LogP contribution in [0.2, 0.25) is 0 Å². The number of alkyl halides is 6. The number of likely N-dealkylation sites (tertiary alicyclic amines) is 1. The second-order valence-electron chi connectivity index (χ2n) is 8.79. The Morgan fingerprint density at radius 2 is 1.78 bits per heavy atom. The number of fused-ring (bicyclic) bond motifs is 1. The molecule has 2 aromatic rings. The van der Waals surface area contributed by atoms with Gasteiger partial charge in [-0.25, -0.2) is 4.98 Å². The Bertz CT molecular complexity index is 1100. The number of hydrogen-bond acceptors (Lipinski definition) is 6. The van der Waals surface area contributed by atoms with Crippen LogP contribution in [0.25, 0.3) is 0 Å². The molecule has 4 rings (SSSR count). The van der Waals surface area contributed by atoms with E-state index in [0.29, 0.717) is 62.8 Å². The number of carbonyl (C=O) groups excluding carboxylic acids is 1. The van der Waals surface area contributed by atoms with Crippen LogP contribution in [0.5, 0.6) is 0 Å². The van der Waals surface area contributed by atoms with Crippen LogP contribution in [0, 0.1) is 0 Å². The predicted octanol–water partition coefficient (Wildman–Crippen LogP) is 4.72. The molecule has 13 heteroatoms. The maximum absolute atomic E-state index is 13.7. The van der Waals surface area contributed by atoms with Crippen molar-refractivity contribution in [3.05, 3.63) is 40.6 Å². The van der Waals surface area contributed by atoms with E-state index in [1.807, 2.05) is 0 Å². The first-order valence-electron chi connectivity index (χ1n) is 11.7. The molecule has 1 saturated heterocycles. The second-order valence-corrected chi connectivity index (χ2v) is 8.79. The SMILES string of the molecule is O=C1CCCCN1CCCNc1nc(Nc2cc3c(cc2C(F)(F)F)CCNC3)ncc1C(F)(F)F. The van der Waals surface area contributed by atoms with Crippen molar-refractivity contribution < 1.29 is 31.1 Å². The van der Waals surface area contributed by atoms with Gasteiger partial charge in [-0.3, -0.25) is 4.79 Å². The minimum Gasteiger partial charge on any atom is -0.369 e. The van der Waals surface area contributed by atoms with Gasteiger partial charge in [0.2, 0.25) is 11.9 Å². The highest BCUT2D eigenvalue weighted by Crippen LogP contribution is 2.39. The van der Waals surface area contributed by atoms with E-state index in [1.165, 1.54) is 6.07 Å². The summed E-state index contributed by atoms with van der Waals surface area (Å²) in [6, 6.07) is 2.39. The predicted molar refractivity (Wildman–Crippen MR) is 121 cm³/mol. The summed E-state index contributed by atoms with van der Waals surface area (Å²) in [6.07, 6.45) is -5.91. The van der Waals surface area contributed by atoms with Crippen molar-refractivity contribution in [1.82, 2.24) is 20.2 Å². The van der Waals surface area contributed by atoms with E-state index in [1.54, 1.807) is 4.90 Å². The number of benzene rings is 1. The van der Waals surface area contributed by atoms with E-state index in [2.05, 4.69) is 25.9 Å². The molecule has 0 aliphatic carbocycles. The molecular formula is C23H26F6N6O. The number of rotatable bonds is 7. The maximum atomic E-state index is 13.7. The lowest BCUT2D eigenvalue weighted by molar-refractivity contribution is -0.138. The summed E-state index contributed by atoms with van der Waals surface area (Å²) in [6.45, 7) is 2.03. The van der Waals surface area contributed by atoms with E-state index < -0.39 is 35.2 Å². The van der Waals surface area contributed by atoms with Crippen LogP contribution in [-0.2, 0) is 30.1 Å². The van der Waals surface area contributed by atoms with Gasteiger partial charge in [0.15, 0.2) is 0 Å². The van der Waals surface area contributed by atoms with Gasteiger partial charge >= 0.3 is 12.4 Å². The van der Waals surface area contributed by atoms with Gasteiger partial charge in [-0.15, -0.1) is 0 Å². The quantitative estimate of drug-likeness (QED) is 0.365. The first-order chi connectivity index (χ1) is 17.0.